The maximum atomic E-state index is 5.74. The van der Waals surface area contributed by atoms with E-state index in [1.54, 1.807) is 0 Å². The minimum atomic E-state index is 0.570. The summed E-state index contributed by atoms with van der Waals surface area (Å²) in [4.78, 5) is 8.18. The molecule has 0 aliphatic heterocycles. The SMILES string of the molecule is Cc1c(N)ncnc1NCCC1CCCCC1. The Kier molecular flexibility index (Phi) is 4.18. The van der Waals surface area contributed by atoms with Crippen molar-refractivity contribution in [2.45, 2.75) is 45.4 Å². The predicted molar refractivity (Wildman–Crippen MR) is 70.9 cm³/mol. The average molecular weight is 234 g/mol. The Labute approximate surface area is 103 Å². The van der Waals surface area contributed by atoms with Crippen LogP contribution >= 0.6 is 0 Å². The molecule has 3 N–H and O–H groups in total. The standard InChI is InChI=1S/C13H22N4/c1-10-12(14)16-9-17-13(10)15-8-7-11-5-3-2-4-6-11/h9,11H,2-8H2,1H3,(H3,14,15,16,17). The second-order valence-electron chi connectivity index (χ2n) is 4.95. The third-order valence-corrected chi connectivity index (χ3v) is 3.69. The third kappa shape index (κ3) is 3.32. The molecular formula is C13H22N4. The van der Waals surface area contributed by atoms with Crippen LogP contribution in [0.3, 0.4) is 0 Å². The van der Waals surface area contributed by atoms with Gasteiger partial charge in [0.05, 0.1) is 0 Å². The van der Waals surface area contributed by atoms with Gasteiger partial charge in [-0.1, -0.05) is 32.1 Å². The van der Waals surface area contributed by atoms with Crippen molar-refractivity contribution in [3.8, 4) is 0 Å². The zero-order valence-electron chi connectivity index (χ0n) is 10.6. The number of anilines is 2. The van der Waals surface area contributed by atoms with Gasteiger partial charge in [-0.05, 0) is 19.3 Å². The lowest BCUT2D eigenvalue weighted by atomic mass is 9.87. The van der Waals surface area contributed by atoms with Gasteiger partial charge < -0.3 is 11.1 Å². The van der Waals surface area contributed by atoms with E-state index in [1.807, 2.05) is 6.92 Å². The highest BCUT2D eigenvalue weighted by Crippen LogP contribution is 2.26. The van der Waals surface area contributed by atoms with Gasteiger partial charge in [0.2, 0.25) is 0 Å². The second kappa shape index (κ2) is 5.84. The molecule has 17 heavy (non-hydrogen) atoms. The summed E-state index contributed by atoms with van der Waals surface area (Å²) in [6.07, 6.45) is 9.79. The van der Waals surface area contributed by atoms with Gasteiger partial charge in [-0.3, -0.25) is 0 Å². The van der Waals surface area contributed by atoms with Crippen LogP contribution in [0.5, 0.6) is 0 Å². The van der Waals surface area contributed by atoms with Crippen LogP contribution in [0.4, 0.5) is 11.6 Å². The number of aromatic nitrogens is 2. The van der Waals surface area contributed by atoms with Crippen LogP contribution in [0.15, 0.2) is 6.33 Å². The summed E-state index contributed by atoms with van der Waals surface area (Å²) < 4.78 is 0. The Bertz CT molecular complexity index is 358. The number of nitrogens with one attached hydrogen (secondary N) is 1. The van der Waals surface area contributed by atoms with E-state index in [4.69, 9.17) is 5.73 Å². The van der Waals surface area contributed by atoms with Crippen molar-refractivity contribution < 1.29 is 0 Å². The van der Waals surface area contributed by atoms with E-state index in [-0.39, 0.29) is 0 Å². The zero-order valence-corrected chi connectivity index (χ0v) is 10.6. The normalized spacial score (nSPS) is 17.0. The van der Waals surface area contributed by atoms with Gasteiger partial charge >= 0.3 is 0 Å². The van der Waals surface area contributed by atoms with Gasteiger partial charge in [-0.25, -0.2) is 9.97 Å². The fourth-order valence-electron chi connectivity index (χ4n) is 2.51. The summed E-state index contributed by atoms with van der Waals surface area (Å²) in [6.45, 7) is 2.94. The monoisotopic (exact) mass is 234 g/mol. The Morgan fingerprint density at radius 1 is 1.29 bits per heavy atom. The maximum Gasteiger partial charge on any atom is 0.134 e. The van der Waals surface area contributed by atoms with Crippen LogP contribution in [0.2, 0.25) is 0 Å². The summed E-state index contributed by atoms with van der Waals surface area (Å²) in [7, 11) is 0. The van der Waals surface area contributed by atoms with Gasteiger partial charge in [0.25, 0.3) is 0 Å². The van der Waals surface area contributed by atoms with E-state index >= 15 is 0 Å². The van der Waals surface area contributed by atoms with Crippen LogP contribution in [0.25, 0.3) is 0 Å². The van der Waals surface area contributed by atoms with Gasteiger partial charge in [0.1, 0.15) is 18.0 Å². The Morgan fingerprint density at radius 2 is 2.06 bits per heavy atom. The number of nitrogen functional groups attached to an aromatic ring is 1. The van der Waals surface area contributed by atoms with Crippen LogP contribution in [-0.4, -0.2) is 16.5 Å². The smallest absolute Gasteiger partial charge is 0.134 e. The van der Waals surface area contributed by atoms with Gasteiger partial charge in [-0.2, -0.15) is 0 Å². The minimum absolute atomic E-state index is 0.570. The fraction of sp³-hybridized carbons (Fsp3) is 0.692. The molecular weight excluding hydrogens is 212 g/mol. The van der Waals surface area contributed by atoms with Crippen molar-refractivity contribution in [1.82, 2.24) is 9.97 Å². The first kappa shape index (κ1) is 12.1. The molecule has 0 unspecified atom stereocenters. The van der Waals surface area contributed by atoms with Crippen molar-refractivity contribution >= 4 is 11.6 Å². The minimum Gasteiger partial charge on any atom is -0.383 e. The first-order valence-electron chi connectivity index (χ1n) is 6.58. The molecule has 0 atom stereocenters. The van der Waals surface area contributed by atoms with Gasteiger partial charge in [-0.15, -0.1) is 0 Å². The van der Waals surface area contributed by atoms with Crippen LogP contribution < -0.4 is 11.1 Å². The highest BCUT2D eigenvalue weighted by molar-refractivity contribution is 5.53. The molecule has 1 aromatic heterocycles. The molecule has 0 saturated heterocycles. The second-order valence-corrected chi connectivity index (χ2v) is 4.95. The van der Waals surface area contributed by atoms with Crippen molar-refractivity contribution in [2.24, 2.45) is 5.92 Å². The van der Waals surface area contributed by atoms with Gasteiger partial charge in [0, 0.05) is 12.1 Å². The summed E-state index contributed by atoms with van der Waals surface area (Å²) in [5.74, 6) is 2.35. The van der Waals surface area contributed by atoms with Gasteiger partial charge in [0.15, 0.2) is 0 Å². The molecule has 4 heteroatoms. The molecule has 1 aromatic rings. The van der Waals surface area contributed by atoms with E-state index in [2.05, 4.69) is 15.3 Å². The largest absolute Gasteiger partial charge is 0.383 e. The Hall–Kier alpha value is -1.32. The highest BCUT2D eigenvalue weighted by Gasteiger charge is 2.13. The molecule has 1 fully saturated rings. The molecule has 1 saturated carbocycles. The maximum absolute atomic E-state index is 5.74. The molecule has 1 heterocycles. The van der Waals surface area contributed by atoms with Crippen molar-refractivity contribution in [3.63, 3.8) is 0 Å². The summed E-state index contributed by atoms with van der Waals surface area (Å²) in [5, 5.41) is 3.37. The molecule has 1 aliphatic carbocycles. The Balaban J connectivity index is 1.79. The number of hydrogen-bond donors (Lipinski definition) is 2. The van der Waals surface area contributed by atoms with Crippen LogP contribution in [0.1, 0.15) is 44.1 Å². The number of hydrogen-bond acceptors (Lipinski definition) is 4. The molecule has 1 aliphatic rings. The lowest BCUT2D eigenvalue weighted by Crippen LogP contribution is -2.13. The molecule has 0 spiro atoms. The van der Waals surface area contributed by atoms with E-state index in [9.17, 15) is 0 Å². The predicted octanol–water partition coefficient (Wildman–Crippen LogP) is 2.75. The topological polar surface area (TPSA) is 63.8 Å². The zero-order chi connectivity index (χ0) is 12.1. The number of nitrogens with two attached hydrogens (primary N) is 1. The number of rotatable bonds is 4. The van der Waals surface area contributed by atoms with E-state index in [0.29, 0.717) is 5.82 Å². The van der Waals surface area contributed by atoms with E-state index < -0.39 is 0 Å². The van der Waals surface area contributed by atoms with Crippen molar-refractivity contribution in [2.75, 3.05) is 17.6 Å². The quantitative estimate of drug-likeness (QED) is 0.840. The summed E-state index contributed by atoms with van der Waals surface area (Å²) >= 11 is 0. The van der Waals surface area contributed by atoms with E-state index in [0.717, 1.165) is 23.8 Å². The first-order valence-corrected chi connectivity index (χ1v) is 6.58. The van der Waals surface area contributed by atoms with Crippen LogP contribution in [0, 0.1) is 12.8 Å². The third-order valence-electron chi connectivity index (χ3n) is 3.69. The lowest BCUT2D eigenvalue weighted by molar-refractivity contribution is 0.345. The molecule has 0 bridgehead atoms. The highest BCUT2D eigenvalue weighted by atomic mass is 15.0. The molecule has 0 radical (unpaired) electrons. The molecule has 0 amide bonds. The Morgan fingerprint density at radius 3 is 2.82 bits per heavy atom. The fourth-order valence-corrected chi connectivity index (χ4v) is 2.51. The summed E-state index contributed by atoms with van der Waals surface area (Å²) in [5.41, 5.74) is 6.70. The molecule has 94 valence electrons. The van der Waals surface area contributed by atoms with Crippen molar-refractivity contribution in [1.29, 1.82) is 0 Å². The average Bonchev–Trinajstić information content (AvgIpc) is 2.36. The number of nitrogens with zero attached hydrogens (tertiary/aromatic N) is 2. The van der Waals surface area contributed by atoms with E-state index in [1.165, 1.54) is 44.9 Å². The molecule has 2 rings (SSSR count). The van der Waals surface area contributed by atoms with Crippen LogP contribution in [-0.2, 0) is 0 Å². The lowest BCUT2D eigenvalue weighted by Gasteiger charge is -2.21. The first-order chi connectivity index (χ1) is 8.27. The summed E-state index contributed by atoms with van der Waals surface area (Å²) in [6, 6.07) is 0. The van der Waals surface area contributed by atoms with Crippen molar-refractivity contribution in [3.05, 3.63) is 11.9 Å². The molecule has 4 nitrogen and oxygen atoms in total. The molecule has 0 aromatic carbocycles.